The first-order valence-electron chi connectivity index (χ1n) is 2.11. The molecular weight excluding hydrogens is 218 g/mol. The first-order valence-corrected chi connectivity index (χ1v) is 2.11. The summed E-state index contributed by atoms with van der Waals surface area (Å²) in [5, 5.41) is 10.2. The van der Waals surface area contributed by atoms with Crippen molar-refractivity contribution >= 4 is 12.4 Å². The molecule has 0 aromatic carbocycles. The fourth-order valence-corrected chi connectivity index (χ4v) is 0.173. The van der Waals surface area contributed by atoms with Crippen LogP contribution in [0, 0.1) is 0 Å². The Kier molecular flexibility index (Phi) is 7.41. The van der Waals surface area contributed by atoms with Gasteiger partial charge < -0.3 is 10.4 Å². The zero-order valence-electron chi connectivity index (χ0n) is 4.72. The Morgan fingerprint density at radius 1 is 1.78 bits per heavy atom. The van der Waals surface area contributed by atoms with Gasteiger partial charge in [0, 0.05) is 22.4 Å². The molecular formula is C4H7AgNO3. The van der Waals surface area contributed by atoms with E-state index in [4.69, 9.17) is 5.11 Å². The molecule has 5 heteroatoms. The second kappa shape index (κ2) is 5.81. The van der Waals surface area contributed by atoms with Gasteiger partial charge in [0.2, 0.25) is 6.41 Å². The Balaban J connectivity index is 0. The molecule has 0 aliphatic heterocycles. The third-order valence-corrected chi connectivity index (χ3v) is 0.688. The van der Waals surface area contributed by atoms with Gasteiger partial charge in [0.25, 0.3) is 0 Å². The molecule has 0 aromatic rings. The monoisotopic (exact) mass is 224 g/mol. The van der Waals surface area contributed by atoms with Gasteiger partial charge in [-0.25, -0.2) is 0 Å². The summed E-state index contributed by atoms with van der Waals surface area (Å²) in [6, 6.07) is -0.785. The number of carbonyl (C=O) groups is 2. The Hall–Kier alpha value is -0.320. The third kappa shape index (κ3) is 5.55. The van der Waals surface area contributed by atoms with Crippen molar-refractivity contribution in [1.29, 1.82) is 0 Å². The van der Waals surface area contributed by atoms with Crippen LogP contribution in [0.15, 0.2) is 0 Å². The van der Waals surface area contributed by atoms with Crippen molar-refractivity contribution < 1.29 is 37.1 Å². The topological polar surface area (TPSA) is 66.4 Å². The number of hydrogen-bond acceptors (Lipinski definition) is 2. The first-order chi connectivity index (χ1) is 3.68. The van der Waals surface area contributed by atoms with Crippen molar-refractivity contribution in [2.24, 2.45) is 0 Å². The summed E-state index contributed by atoms with van der Waals surface area (Å²) in [7, 11) is 0. The molecule has 0 heterocycles. The van der Waals surface area contributed by atoms with Crippen molar-refractivity contribution in [3.63, 3.8) is 0 Å². The van der Waals surface area contributed by atoms with Crippen molar-refractivity contribution in [3.05, 3.63) is 0 Å². The molecule has 1 amide bonds. The number of carbonyl (C=O) groups excluding carboxylic acids is 1. The summed E-state index contributed by atoms with van der Waals surface area (Å²) in [5.74, 6) is -1.03. The Morgan fingerprint density at radius 3 is 2.33 bits per heavy atom. The largest absolute Gasteiger partial charge is 0.480 e. The summed E-state index contributed by atoms with van der Waals surface area (Å²) >= 11 is 0. The molecule has 0 aromatic heterocycles. The number of amides is 1. The molecule has 9 heavy (non-hydrogen) atoms. The fraction of sp³-hybridized carbons (Fsp3) is 0.500. The maximum atomic E-state index is 9.87. The van der Waals surface area contributed by atoms with Crippen molar-refractivity contribution in [1.82, 2.24) is 5.32 Å². The molecule has 1 atom stereocenters. The maximum Gasteiger partial charge on any atom is 0.325 e. The number of carboxylic acids is 1. The minimum atomic E-state index is -1.03. The summed E-state index contributed by atoms with van der Waals surface area (Å²) in [6.07, 6.45) is 0.360. The van der Waals surface area contributed by atoms with Gasteiger partial charge in [0.05, 0.1) is 0 Å². The van der Waals surface area contributed by atoms with Gasteiger partial charge in [-0.2, -0.15) is 0 Å². The van der Waals surface area contributed by atoms with E-state index in [1.807, 2.05) is 0 Å². The number of carboxylic acid groups (broad SMARTS) is 1. The molecule has 0 saturated carbocycles. The first kappa shape index (κ1) is 11.5. The number of aliphatic carboxylic acids is 1. The SMILES string of the molecule is CC(NC=O)C(=O)O.[Ag]. The van der Waals surface area contributed by atoms with Crippen LogP contribution in [0.4, 0.5) is 0 Å². The van der Waals surface area contributed by atoms with Gasteiger partial charge in [0.15, 0.2) is 0 Å². The van der Waals surface area contributed by atoms with Crippen LogP contribution >= 0.6 is 0 Å². The molecule has 57 valence electrons. The second-order valence-electron chi connectivity index (χ2n) is 1.34. The summed E-state index contributed by atoms with van der Waals surface area (Å²) in [6.45, 7) is 1.39. The number of nitrogens with one attached hydrogen (secondary N) is 1. The van der Waals surface area contributed by atoms with Crippen LogP contribution in [-0.4, -0.2) is 23.5 Å². The average Bonchev–Trinajstić information content (AvgIpc) is 1.67. The second-order valence-corrected chi connectivity index (χ2v) is 1.34. The minimum Gasteiger partial charge on any atom is -0.480 e. The van der Waals surface area contributed by atoms with Crippen LogP contribution < -0.4 is 5.32 Å². The van der Waals surface area contributed by atoms with Crippen LogP contribution in [0.1, 0.15) is 6.92 Å². The van der Waals surface area contributed by atoms with Crippen LogP contribution in [0.5, 0.6) is 0 Å². The van der Waals surface area contributed by atoms with E-state index in [-0.39, 0.29) is 22.4 Å². The summed E-state index contributed by atoms with van der Waals surface area (Å²) < 4.78 is 0. The summed E-state index contributed by atoms with van der Waals surface area (Å²) in [5.41, 5.74) is 0. The van der Waals surface area contributed by atoms with Crippen LogP contribution in [0.25, 0.3) is 0 Å². The predicted molar refractivity (Wildman–Crippen MR) is 26.3 cm³/mol. The molecule has 0 bridgehead atoms. The van der Waals surface area contributed by atoms with Crippen LogP contribution in [0.3, 0.4) is 0 Å². The van der Waals surface area contributed by atoms with E-state index >= 15 is 0 Å². The molecule has 0 saturated heterocycles. The zero-order valence-corrected chi connectivity index (χ0v) is 6.20. The quantitative estimate of drug-likeness (QED) is 0.488. The van der Waals surface area contributed by atoms with Gasteiger partial charge >= 0.3 is 5.97 Å². The Bertz CT molecular complexity index is 106. The number of hydrogen-bond donors (Lipinski definition) is 2. The van der Waals surface area contributed by atoms with E-state index in [1.165, 1.54) is 6.92 Å². The van der Waals surface area contributed by atoms with Gasteiger partial charge in [-0.05, 0) is 6.92 Å². The minimum absolute atomic E-state index is 0. The van der Waals surface area contributed by atoms with E-state index < -0.39 is 12.0 Å². The Morgan fingerprint density at radius 2 is 2.22 bits per heavy atom. The van der Waals surface area contributed by atoms with Gasteiger partial charge in [-0.1, -0.05) is 0 Å². The van der Waals surface area contributed by atoms with Gasteiger partial charge in [-0.15, -0.1) is 0 Å². The van der Waals surface area contributed by atoms with Gasteiger partial charge in [-0.3, -0.25) is 9.59 Å². The van der Waals surface area contributed by atoms with Crippen LogP contribution in [-0.2, 0) is 32.0 Å². The average molecular weight is 225 g/mol. The standard InChI is InChI=1S/C4H7NO3.Ag/c1-3(4(7)8)5-2-6;/h2-3H,1H3,(H,5,6)(H,7,8);. The Labute approximate surface area is 68.1 Å². The number of rotatable bonds is 3. The molecule has 0 spiro atoms. The molecule has 0 fully saturated rings. The van der Waals surface area contributed by atoms with E-state index in [9.17, 15) is 9.59 Å². The third-order valence-electron chi connectivity index (χ3n) is 0.688. The van der Waals surface area contributed by atoms with Crippen molar-refractivity contribution in [3.8, 4) is 0 Å². The smallest absolute Gasteiger partial charge is 0.325 e. The molecule has 2 N–H and O–H groups in total. The van der Waals surface area contributed by atoms with Crippen LogP contribution in [0.2, 0.25) is 0 Å². The fourth-order valence-electron chi connectivity index (χ4n) is 0.173. The normalized spacial score (nSPS) is 10.8. The van der Waals surface area contributed by atoms with E-state index in [0.29, 0.717) is 6.41 Å². The maximum absolute atomic E-state index is 9.87. The molecule has 0 rings (SSSR count). The summed E-state index contributed by atoms with van der Waals surface area (Å²) in [4.78, 5) is 19.4. The van der Waals surface area contributed by atoms with Gasteiger partial charge in [0.1, 0.15) is 6.04 Å². The van der Waals surface area contributed by atoms with E-state index in [0.717, 1.165) is 0 Å². The zero-order chi connectivity index (χ0) is 6.57. The van der Waals surface area contributed by atoms with E-state index in [2.05, 4.69) is 5.32 Å². The molecule has 0 aliphatic rings. The molecule has 1 radical (unpaired) electrons. The molecule has 0 aliphatic carbocycles. The van der Waals surface area contributed by atoms with Crippen molar-refractivity contribution in [2.45, 2.75) is 13.0 Å². The molecule has 1 unspecified atom stereocenters. The van der Waals surface area contributed by atoms with E-state index in [1.54, 1.807) is 0 Å². The molecule has 4 nitrogen and oxygen atoms in total. The predicted octanol–water partition coefficient (Wildman–Crippen LogP) is -0.797. The van der Waals surface area contributed by atoms with Crippen molar-refractivity contribution in [2.75, 3.05) is 0 Å².